The van der Waals surface area contributed by atoms with Crippen molar-refractivity contribution in [1.29, 1.82) is 0 Å². The van der Waals surface area contributed by atoms with E-state index in [1.165, 1.54) is 11.6 Å². The second-order valence-electron chi connectivity index (χ2n) is 9.25. The summed E-state index contributed by atoms with van der Waals surface area (Å²) in [4.78, 5) is 8.63. The van der Waals surface area contributed by atoms with Gasteiger partial charge in [0.1, 0.15) is 17.3 Å². The lowest BCUT2D eigenvalue weighted by atomic mass is 9.88. The van der Waals surface area contributed by atoms with Gasteiger partial charge in [0.15, 0.2) is 0 Å². The van der Waals surface area contributed by atoms with Crippen molar-refractivity contribution >= 4 is 17.1 Å². The lowest BCUT2D eigenvalue weighted by Gasteiger charge is -2.47. The highest BCUT2D eigenvalue weighted by molar-refractivity contribution is 5.70. The Labute approximate surface area is 194 Å². The Morgan fingerprint density at radius 1 is 0.818 bits per heavy atom. The third-order valence-corrected chi connectivity index (χ3v) is 6.59. The van der Waals surface area contributed by atoms with E-state index in [1.54, 1.807) is 6.07 Å². The first-order chi connectivity index (χ1) is 15.8. The maximum atomic E-state index is 14.7. The Bertz CT molecular complexity index is 1210. The Morgan fingerprint density at radius 2 is 1.61 bits per heavy atom. The van der Waals surface area contributed by atoms with E-state index in [1.807, 2.05) is 55.8 Å². The highest BCUT2D eigenvalue weighted by Gasteiger charge is 2.35. The number of benzene rings is 3. The third kappa shape index (κ3) is 4.02. The fourth-order valence-corrected chi connectivity index (χ4v) is 4.44. The first-order valence-corrected chi connectivity index (χ1v) is 11.1. The maximum Gasteiger partial charge on any atom is 0.132 e. The molecule has 170 valence electrons. The van der Waals surface area contributed by atoms with E-state index in [0.29, 0.717) is 18.2 Å². The number of ether oxygens (including phenoxy) is 1. The minimum Gasteiger partial charge on any atom is -0.457 e. The second kappa shape index (κ2) is 8.12. The zero-order valence-corrected chi connectivity index (χ0v) is 19.5. The molecule has 2 heterocycles. The van der Waals surface area contributed by atoms with E-state index < -0.39 is 0 Å². The van der Waals surface area contributed by atoms with Gasteiger partial charge in [-0.15, -0.1) is 0 Å². The van der Waals surface area contributed by atoms with Gasteiger partial charge in [-0.05, 0) is 50.7 Å². The number of hydrogen-bond acceptors (Lipinski definition) is 5. The monoisotopic (exact) mass is 444 g/mol. The SMILES string of the molecule is CN1C=CN(c2cccc(Oc3cc(F)cc(N4CN(C)C(C)(C)c5ccccc54)c3)c2)C1. The molecule has 0 bridgehead atoms. The van der Waals surface area contributed by atoms with Crippen LogP contribution in [0.2, 0.25) is 0 Å². The summed E-state index contributed by atoms with van der Waals surface area (Å²) in [6, 6.07) is 21.1. The molecule has 2 aliphatic rings. The quantitative estimate of drug-likeness (QED) is 0.485. The number of halogens is 1. The first-order valence-electron chi connectivity index (χ1n) is 11.1. The van der Waals surface area contributed by atoms with E-state index in [4.69, 9.17) is 4.74 Å². The van der Waals surface area contributed by atoms with Crippen LogP contribution in [0.3, 0.4) is 0 Å². The topological polar surface area (TPSA) is 22.2 Å². The first kappa shape index (κ1) is 21.3. The molecule has 0 fully saturated rings. The smallest absolute Gasteiger partial charge is 0.132 e. The Kier molecular flexibility index (Phi) is 5.25. The molecule has 0 atom stereocenters. The summed E-state index contributed by atoms with van der Waals surface area (Å²) in [6.45, 7) is 5.86. The van der Waals surface area contributed by atoms with Crippen LogP contribution in [0.25, 0.3) is 0 Å². The average Bonchev–Trinajstić information content (AvgIpc) is 3.23. The molecule has 0 amide bonds. The van der Waals surface area contributed by atoms with Crippen LogP contribution in [0.15, 0.2) is 79.1 Å². The van der Waals surface area contributed by atoms with E-state index >= 15 is 0 Å². The molecular weight excluding hydrogens is 415 g/mol. The normalized spacial score (nSPS) is 17.4. The van der Waals surface area contributed by atoms with Gasteiger partial charge in [0, 0.05) is 60.2 Å². The summed E-state index contributed by atoms with van der Waals surface area (Å²) < 4.78 is 20.9. The summed E-state index contributed by atoms with van der Waals surface area (Å²) in [7, 11) is 4.12. The number of nitrogens with zero attached hydrogens (tertiary/aromatic N) is 4. The fourth-order valence-electron chi connectivity index (χ4n) is 4.44. The van der Waals surface area contributed by atoms with Crippen LogP contribution in [0.4, 0.5) is 21.5 Å². The maximum absolute atomic E-state index is 14.7. The summed E-state index contributed by atoms with van der Waals surface area (Å²) in [5.41, 5.74) is 3.97. The molecular formula is C27H29FN4O. The number of anilines is 3. The van der Waals surface area contributed by atoms with Crippen LogP contribution in [-0.4, -0.2) is 37.2 Å². The lowest BCUT2D eigenvalue weighted by Crippen LogP contribution is -2.49. The van der Waals surface area contributed by atoms with Crippen LogP contribution in [-0.2, 0) is 5.54 Å². The summed E-state index contributed by atoms with van der Waals surface area (Å²) in [5, 5.41) is 0. The molecule has 0 unspecified atom stereocenters. The minimum absolute atomic E-state index is 0.113. The lowest BCUT2D eigenvalue weighted by molar-refractivity contribution is 0.150. The van der Waals surface area contributed by atoms with Gasteiger partial charge in [-0.2, -0.15) is 0 Å². The summed E-state index contributed by atoms with van der Waals surface area (Å²) >= 11 is 0. The van der Waals surface area contributed by atoms with Crippen molar-refractivity contribution in [2.75, 3.05) is 37.2 Å². The number of fused-ring (bicyclic) bond motifs is 1. The van der Waals surface area contributed by atoms with Crippen molar-refractivity contribution < 1.29 is 9.13 Å². The van der Waals surface area contributed by atoms with Crippen molar-refractivity contribution in [3.05, 3.63) is 90.5 Å². The molecule has 2 aliphatic heterocycles. The Morgan fingerprint density at radius 3 is 2.39 bits per heavy atom. The highest BCUT2D eigenvalue weighted by Crippen LogP contribution is 2.43. The molecule has 0 aliphatic carbocycles. The van der Waals surface area contributed by atoms with E-state index in [-0.39, 0.29) is 11.4 Å². The van der Waals surface area contributed by atoms with Crippen LogP contribution in [0.5, 0.6) is 11.5 Å². The molecule has 0 saturated heterocycles. The van der Waals surface area contributed by atoms with E-state index in [9.17, 15) is 4.39 Å². The van der Waals surface area contributed by atoms with E-state index in [2.05, 4.69) is 58.7 Å². The van der Waals surface area contributed by atoms with Gasteiger partial charge in [0.05, 0.1) is 13.3 Å². The molecule has 0 spiro atoms. The van der Waals surface area contributed by atoms with Gasteiger partial charge in [-0.25, -0.2) is 4.39 Å². The van der Waals surface area contributed by atoms with Crippen LogP contribution >= 0.6 is 0 Å². The summed E-state index contributed by atoms with van der Waals surface area (Å²) in [5.74, 6) is 0.818. The molecule has 5 rings (SSSR count). The fraction of sp³-hybridized carbons (Fsp3) is 0.259. The molecule has 5 nitrogen and oxygen atoms in total. The predicted octanol–water partition coefficient (Wildman–Crippen LogP) is 6.07. The zero-order chi connectivity index (χ0) is 23.2. The van der Waals surface area contributed by atoms with Crippen LogP contribution in [0.1, 0.15) is 19.4 Å². The second-order valence-corrected chi connectivity index (χ2v) is 9.25. The van der Waals surface area contributed by atoms with Crippen molar-refractivity contribution in [2.45, 2.75) is 19.4 Å². The molecule has 3 aromatic carbocycles. The third-order valence-electron chi connectivity index (χ3n) is 6.59. The van der Waals surface area contributed by atoms with Gasteiger partial charge < -0.3 is 19.4 Å². The van der Waals surface area contributed by atoms with Crippen molar-refractivity contribution in [3.8, 4) is 11.5 Å². The van der Waals surface area contributed by atoms with Crippen molar-refractivity contribution in [1.82, 2.24) is 9.80 Å². The minimum atomic E-state index is -0.326. The van der Waals surface area contributed by atoms with Crippen LogP contribution < -0.4 is 14.5 Å². The molecule has 3 aromatic rings. The molecule has 0 N–H and O–H groups in total. The number of hydrogen-bond donors (Lipinski definition) is 0. The Hall–Kier alpha value is -3.51. The molecule has 0 aromatic heterocycles. The predicted molar refractivity (Wildman–Crippen MR) is 131 cm³/mol. The van der Waals surface area contributed by atoms with E-state index in [0.717, 1.165) is 23.7 Å². The van der Waals surface area contributed by atoms with Crippen molar-refractivity contribution in [3.63, 3.8) is 0 Å². The standard InChI is InChI=1S/C27H29FN4O/c1-27(2)25-10-5-6-11-26(25)32(19-30(27)4)22-14-20(28)15-24(17-22)33-23-9-7-8-21(16-23)31-13-12-29(3)18-31/h5-17H,18-19H2,1-4H3. The largest absolute Gasteiger partial charge is 0.457 e. The van der Waals surface area contributed by atoms with Gasteiger partial charge in [0.25, 0.3) is 0 Å². The average molecular weight is 445 g/mol. The molecule has 0 radical (unpaired) electrons. The van der Waals surface area contributed by atoms with Gasteiger partial charge in [-0.3, -0.25) is 4.90 Å². The molecule has 33 heavy (non-hydrogen) atoms. The zero-order valence-electron chi connectivity index (χ0n) is 19.5. The van der Waals surface area contributed by atoms with Crippen molar-refractivity contribution in [2.24, 2.45) is 0 Å². The Balaban J connectivity index is 1.46. The highest BCUT2D eigenvalue weighted by atomic mass is 19.1. The molecule has 6 heteroatoms. The van der Waals surface area contributed by atoms with Gasteiger partial charge in [-0.1, -0.05) is 24.3 Å². The van der Waals surface area contributed by atoms with Gasteiger partial charge >= 0.3 is 0 Å². The molecule has 0 saturated carbocycles. The summed E-state index contributed by atoms with van der Waals surface area (Å²) in [6.07, 6.45) is 4.06. The number of rotatable bonds is 4. The van der Waals surface area contributed by atoms with Crippen LogP contribution in [0, 0.1) is 5.82 Å². The van der Waals surface area contributed by atoms with Gasteiger partial charge in [0.2, 0.25) is 0 Å². The number of para-hydroxylation sites is 1.